The largest absolute Gasteiger partial charge is 0.480 e. The Labute approximate surface area is 108 Å². The van der Waals surface area contributed by atoms with Gasteiger partial charge in [0.2, 0.25) is 0 Å². The lowest BCUT2D eigenvalue weighted by molar-refractivity contribution is -0.139. The van der Waals surface area contributed by atoms with Gasteiger partial charge in [-0.05, 0) is 32.6 Å². The number of ether oxygens (including phenoxy) is 1. The van der Waals surface area contributed by atoms with Gasteiger partial charge in [0.05, 0.1) is 6.10 Å². The van der Waals surface area contributed by atoms with Gasteiger partial charge in [-0.15, -0.1) is 0 Å². The molecular weight excluding hydrogens is 232 g/mol. The first-order valence-corrected chi connectivity index (χ1v) is 6.98. The van der Waals surface area contributed by atoms with E-state index >= 15 is 0 Å². The zero-order valence-corrected chi connectivity index (χ0v) is 11.1. The van der Waals surface area contributed by atoms with E-state index in [2.05, 4.69) is 17.1 Å². The predicted octanol–water partition coefficient (Wildman–Crippen LogP) is 0.693. The van der Waals surface area contributed by atoms with Crippen molar-refractivity contribution in [3.8, 4) is 0 Å². The van der Waals surface area contributed by atoms with E-state index < -0.39 is 12.0 Å². The van der Waals surface area contributed by atoms with E-state index in [9.17, 15) is 9.90 Å². The summed E-state index contributed by atoms with van der Waals surface area (Å²) in [5.41, 5.74) is 0. The van der Waals surface area contributed by atoms with Crippen LogP contribution in [-0.4, -0.2) is 60.4 Å². The zero-order valence-electron chi connectivity index (χ0n) is 11.1. The number of rotatable bonds is 6. The molecule has 0 aromatic carbocycles. The van der Waals surface area contributed by atoms with Gasteiger partial charge < -0.3 is 20.1 Å². The molecule has 2 aliphatic rings. The third kappa shape index (κ3) is 4.55. The maximum Gasteiger partial charge on any atom is 0.320 e. The normalized spacial score (nSPS) is 27.7. The maximum atomic E-state index is 11.2. The van der Waals surface area contributed by atoms with Crippen LogP contribution in [0.1, 0.15) is 32.6 Å². The summed E-state index contributed by atoms with van der Waals surface area (Å²) in [4.78, 5) is 13.5. The number of aliphatic carboxylic acids is 1. The molecule has 1 heterocycles. The standard InChI is InChI=1S/C13H24N2O3/c1-10-9-15(6-2-8-18-10)7-5-12(13(16)17)14-11-3-4-11/h10-12,14H,2-9H2,1H3,(H,16,17). The second-order valence-corrected chi connectivity index (χ2v) is 5.46. The third-order valence-electron chi connectivity index (χ3n) is 3.58. The first kappa shape index (κ1) is 13.8. The highest BCUT2D eigenvalue weighted by molar-refractivity contribution is 5.73. The van der Waals surface area contributed by atoms with E-state index in [1.165, 1.54) is 0 Å². The van der Waals surface area contributed by atoms with Crippen LogP contribution in [-0.2, 0) is 9.53 Å². The smallest absolute Gasteiger partial charge is 0.320 e. The monoisotopic (exact) mass is 256 g/mol. The predicted molar refractivity (Wildman–Crippen MR) is 68.7 cm³/mol. The molecule has 1 aliphatic carbocycles. The Morgan fingerprint density at radius 3 is 3.00 bits per heavy atom. The maximum absolute atomic E-state index is 11.2. The Kier molecular flexibility index (Phi) is 4.97. The number of nitrogens with one attached hydrogen (secondary N) is 1. The summed E-state index contributed by atoms with van der Waals surface area (Å²) < 4.78 is 5.59. The molecule has 0 aromatic rings. The van der Waals surface area contributed by atoms with Crippen molar-refractivity contribution < 1.29 is 14.6 Å². The highest BCUT2D eigenvalue weighted by Gasteiger charge is 2.28. The second-order valence-electron chi connectivity index (χ2n) is 5.46. The van der Waals surface area contributed by atoms with Crippen molar-refractivity contribution in [2.75, 3.05) is 26.2 Å². The van der Waals surface area contributed by atoms with Gasteiger partial charge in [0.25, 0.3) is 0 Å². The first-order chi connectivity index (χ1) is 8.65. The average Bonchev–Trinajstić information content (AvgIpc) is 3.12. The van der Waals surface area contributed by atoms with Crippen LogP contribution in [0.4, 0.5) is 0 Å². The summed E-state index contributed by atoms with van der Waals surface area (Å²) in [5, 5.41) is 12.4. The number of carboxylic acids is 1. The Morgan fingerprint density at radius 1 is 1.56 bits per heavy atom. The first-order valence-electron chi connectivity index (χ1n) is 6.98. The van der Waals surface area contributed by atoms with Crippen LogP contribution in [0.25, 0.3) is 0 Å². The Bertz CT molecular complexity index is 281. The molecule has 0 amide bonds. The SMILES string of the molecule is CC1CN(CCC(NC2CC2)C(=O)O)CCCO1. The fraction of sp³-hybridized carbons (Fsp3) is 0.923. The van der Waals surface area contributed by atoms with E-state index in [4.69, 9.17) is 4.74 Å². The Balaban J connectivity index is 1.74. The molecule has 1 saturated heterocycles. The number of nitrogens with zero attached hydrogens (tertiary/aromatic N) is 1. The summed E-state index contributed by atoms with van der Waals surface area (Å²) >= 11 is 0. The van der Waals surface area contributed by atoms with Crippen molar-refractivity contribution >= 4 is 5.97 Å². The summed E-state index contributed by atoms with van der Waals surface area (Å²) in [6, 6.07) is 0.0504. The molecular formula is C13H24N2O3. The van der Waals surface area contributed by atoms with Crippen molar-refractivity contribution in [1.29, 1.82) is 0 Å². The van der Waals surface area contributed by atoms with Crippen LogP contribution in [0.15, 0.2) is 0 Å². The average molecular weight is 256 g/mol. The van der Waals surface area contributed by atoms with Gasteiger partial charge in [0.1, 0.15) is 6.04 Å². The fourth-order valence-electron chi connectivity index (χ4n) is 2.41. The molecule has 0 bridgehead atoms. The van der Waals surface area contributed by atoms with Crippen LogP contribution >= 0.6 is 0 Å². The van der Waals surface area contributed by atoms with E-state index in [1.807, 2.05) is 0 Å². The van der Waals surface area contributed by atoms with Crippen LogP contribution in [0, 0.1) is 0 Å². The van der Waals surface area contributed by atoms with Gasteiger partial charge in [0, 0.05) is 32.3 Å². The molecule has 104 valence electrons. The van der Waals surface area contributed by atoms with Gasteiger partial charge in [-0.2, -0.15) is 0 Å². The number of hydrogen-bond donors (Lipinski definition) is 2. The van der Waals surface area contributed by atoms with E-state index in [0.29, 0.717) is 12.5 Å². The van der Waals surface area contributed by atoms with Gasteiger partial charge in [-0.25, -0.2) is 0 Å². The number of carbonyl (C=O) groups is 1. The third-order valence-corrected chi connectivity index (χ3v) is 3.58. The van der Waals surface area contributed by atoms with Crippen molar-refractivity contribution in [3.63, 3.8) is 0 Å². The minimum Gasteiger partial charge on any atom is -0.480 e. The molecule has 2 rings (SSSR count). The molecule has 0 spiro atoms. The molecule has 1 aliphatic heterocycles. The van der Waals surface area contributed by atoms with E-state index in [1.54, 1.807) is 0 Å². The Morgan fingerprint density at radius 2 is 2.33 bits per heavy atom. The highest BCUT2D eigenvalue weighted by Crippen LogP contribution is 2.20. The van der Waals surface area contributed by atoms with E-state index in [-0.39, 0.29) is 6.10 Å². The van der Waals surface area contributed by atoms with Crippen molar-refractivity contribution in [3.05, 3.63) is 0 Å². The number of hydrogen-bond acceptors (Lipinski definition) is 4. The summed E-state index contributed by atoms with van der Waals surface area (Å²) in [5.74, 6) is -0.721. The molecule has 0 aromatic heterocycles. The molecule has 2 unspecified atom stereocenters. The molecule has 2 fully saturated rings. The highest BCUT2D eigenvalue weighted by atomic mass is 16.5. The van der Waals surface area contributed by atoms with Gasteiger partial charge in [-0.3, -0.25) is 4.79 Å². The van der Waals surface area contributed by atoms with Gasteiger partial charge >= 0.3 is 5.97 Å². The minimum absolute atomic E-state index is 0.257. The lowest BCUT2D eigenvalue weighted by Gasteiger charge is -2.23. The number of carboxylic acid groups (broad SMARTS) is 1. The molecule has 18 heavy (non-hydrogen) atoms. The summed E-state index contributed by atoms with van der Waals surface area (Å²) in [7, 11) is 0. The van der Waals surface area contributed by atoms with Gasteiger partial charge in [-0.1, -0.05) is 0 Å². The fourth-order valence-corrected chi connectivity index (χ4v) is 2.41. The zero-order chi connectivity index (χ0) is 13.0. The van der Waals surface area contributed by atoms with Crippen LogP contribution < -0.4 is 5.32 Å². The molecule has 5 heteroatoms. The molecule has 0 radical (unpaired) electrons. The van der Waals surface area contributed by atoms with Crippen LogP contribution in [0.3, 0.4) is 0 Å². The van der Waals surface area contributed by atoms with Gasteiger partial charge in [0.15, 0.2) is 0 Å². The molecule has 1 saturated carbocycles. The minimum atomic E-state index is -0.721. The second kappa shape index (κ2) is 6.50. The lowest BCUT2D eigenvalue weighted by atomic mass is 10.2. The lowest BCUT2D eigenvalue weighted by Crippen LogP contribution is -2.42. The molecule has 2 atom stereocenters. The quantitative estimate of drug-likeness (QED) is 0.732. The van der Waals surface area contributed by atoms with Crippen molar-refractivity contribution in [2.45, 2.75) is 50.8 Å². The molecule has 5 nitrogen and oxygen atoms in total. The summed E-state index contributed by atoms with van der Waals surface area (Å²) in [6.07, 6.45) is 4.22. The van der Waals surface area contributed by atoms with Crippen molar-refractivity contribution in [2.24, 2.45) is 0 Å². The van der Waals surface area contributed by atoms with E-state index in [0.717, 1.165) is 45.5 Å². The molecule has 2 N–H and O–H groups in total. The summed E-state index contributed by atoms with van der Waals surface area (Å²) in [6.45, 7) is 5.66. The topological polar surface area (TPSA) is 61.8 Å². The van der Waals surface area contributed by atoms with Crippen LogP contribution in [0.2, 0.25) is 0 Å². The van der Waals surface area contributed by atoms with Crippen LogP contribution in [0.5, 0.6) is 0 Å². The Hall–Kier alpha value is -0.650. The van der Waals surface area contributed by atoms with Crippen molar-refractivity contribution in [1.82, 2.24) is 10.2 Å².